The minimum Gasteiger partial charge on any atom is -0.369 e. The lowest BCUT2D eigenvalue weighted by atomic mass is 9.96. The lowest BCUT2D eigenvalue weighted by molar-refractivity contribution is 0.104. The molecular formula is C31H30FN5O. The van der Waals surface area contributed by atoms with Crippen molar-refractivity contribution in [2.45, 2.75) is 13.8 Å². The number of halogens is 1. The molecule has 4 aromatic rings. The number of fused-ring (bicyclic) bond motifs is 3. The SMILES string of the molecule is CC(C)CN1CCN(c2ccc(-c3cccc4c3-c3nc(N)nc(-c5ccc(F)cc5)c3C4=O)cc2)CC1. The summed E-state index contributed by atoms with van der Waals surface area (Å²) in [6.07, 6.45) is 0. The molecule has 1 aromatic heterocycles. The molecule has 1 fully saturated rings. The van der Waals surface area contributed by atoms with Gasteiger partial charge in [-0.25, -0.2) is 14.4 Å². The monoisotopic (exact) mass is 507 g/mol. The van der Waals surface area contributed by atoms with Crippen molar-refractivity contribution in [3.63, 3.8) is 0 Å². The fourth-order valence-electron chi connectivity index (χ4n) is 5.62. The largest absolute Gasteiger partial charge is 0.369 e. The van der Waals surface area contributed by atoms with Gasteiger partial charge in [0, 0.05) is 55.1 Å². The Balaban J connectivity index is 1.35. The summed E-state index contributed by atoms with van der Waals surface area (Å²) in [6, 6.07) is 20.2. The van der Waals surface area contributed by atoms with E-state index < -0.39 is 0 Å². The number of carbonyl (C=O) groups excluding carboxylic acids is 1. The highest BCUT2D eigenvalue weighted by Crippen LogP contribution is 2.45. The highest BCUT2D eigenvalue weighted by Gasteiger charge is 2.34. The van der Waals surface area contributed by atoms with E-state index in [4.69, 9.17) is 5.73 Å². The smallest absolute Gasteiger partial charge is 0.221 e. The molecule has 0 amide bonds. The van der Waals surface area contributed by atoms with E-state index in [0.717, 1.165) is 49.4 Å². The number of hydrogen-bond donors (Lipinski definition) is 1. The summed E-state index contributed by atoms with van der Waals surface area (Å²) in [4.78, 5) is 27.4. The number of nitrogens with two attached hydrogens (primary N) is 1. The van der Waals surface area contributed by atoms with Gasteiger partial charge in [0.15, 0.2) is 5.78 Å². The van der Waals surface area contributed by atoms with Crippen molar-refractivity contribution in [1.82, 2.24) is 14.9 Å². The van der Waals surface area contributed by atoms with Crippen LogP contribution in [0.5, 0.6) is 0 Å². The summed E-state index contributed by atoms with van der Waals surface area (Å²) in [5, 5.41) is 0. The number of carbonyl (C=O) groups is 1. The third kappa shape index (κ3) is 4.33. The molecule has 0 saturated carbocycles. The van der Waals surface area contributed by atoms with Gasteiger partial charge in [-0.1, -0.05) is 44.2 Å². The van der Waals surface area contributed by atoms with Gasteiger partial charge in [0.1, 0.15) is 5.82 Å². The lowest BCUT2D eigenvalue weighted by Gasteiger charge is -2.36. The van der Waals surface area contributed by atoms with E-state index in [1.165, 1.54) is 17.8 Å². The molecule has 0 unspecified atom stereocenters. The van der Waals surface area contributed by atoms with E-state index >= 15 is 0 Å². The number of ketones is 1. The van der Waals surface area contributed by atoms with Crippen LogP contribution in [-0.4, -0.2) is 53.4 Å². The van der Waals surface area contributed by atoms with Crippen LogP contribution in [-0.2, 0) is 0 Å². The molecule has 0 bridgehead atoms. The molecule has 3 aromatic carbocycles. The fraction of sp³-hybridized carbons (Fsp3) is 0.258. The zero-order chi connectivity index (χ0) is 26.4. The topological polar surface area (TPSA) is 75.3 Å². The van der Waals surface area contributed by atoms with Crippen LogP contribution < -0.4 is 10.6 Å². The molecule has 38 heavy (non-hydrogen) atoms. The van der Waals surface area contributed by atoms with Crippen LogP contribution in [0.1, 0.15) is 29.8 Å². The molecule has 1 aliphatic heterocycles. The van der Waals surface area contributed by atoms with Gasteiger partial charge in [-0.3, -0.25) is 9.69 Å². The summed E-state index contributed by atoms with van der Waals surface area (Å²) in [6.45, 7) is 9.84. The number of hydrogen-bond acceptors (Lipinski definition) is 6. The molecule has 6 nitrogen and oxygen atoms in total. The van der Waals surface area contributed by atoms with Crippen molar-refractivity contribution in [2.24, 2.45) is 5.92 Å². The average molecular weight is 508 g/mol. The highest BCUT2D eigenvalue weighted by atomic mass is 19.1. The van der Waals surface area contributed by atoms with Crippen molar-refractivity contribution in [3.8, 4) is 33.6 Å². The van der Waals surface area contributed by atoms with E-state index in [0.29, 0.717) is 34.0 Å². The summed E-state index contributed by atoms with van der Waals surface area (Å²) in [5.74, 6) is 0.251. The van der Waals surface area contributed by atoms with Gasteiger partial charge in [-0.05, 0) is 53.4 Å². The Morgan fingerprint density at radius 2 is 1.45 bits per heavy atom. The molecule has 2 aliphatic rings. The van der Waals surface area contributed by atoms with Gasteiger partial charge >= 0.3 is 0 Å². The maximum atomic E-state index is 13.6. The Labute approximate surface area is 222 Å². The predicted molar refractivity (Wildman–Crippen MR) is 150 cm³/mol. The number of rotatable bonds is 5. The Hall–Kier alpha value is -4.10. The van der Waals surface area contributed by atoms with Crippen LogP contribution in [0.15, 0.2) is 66.7 Å². The maximum absolute atomic E-state index is 13.6. The fourth-order valence-corrected chi connectivity index (χ4v) is 5.62. The molecule has 7 heteroatoms. The summed E-state index contributed by atoms with van der Waals surface area (Å²) >= 11 is 0. The standard InChI is InChI=1S/C31H30FN5O/c1-19(2)18-36-14-16-37(17-15-36)23-12-8-20(9-13-23)24-4-3-5-25-26(24)29-27(30(25)38)28(34-31(33)35-29)21-6-10-22(32)11-7-21/h3-13,19H,14-18H2,1-2H3,(H2,33,34,35). The first-order valence-electron chi connectivity index (χ1n) is 13.1. The highest BCUT2D eigenvalue weighted by molar-refractivity contribution is 6.25. The van der Waals surface area contributed by atoms with E-state index in [2.05, 4.69) is 57.9 Å². The van der Waals surface area contributed by atoms with Crippen molar-refractivity contribution in [2.75, 3.05) is 43.4 Å². The van der Waals surface area contributed by atoms with Crippen LogP contribution >= 0.6 is 0 Å². The minimum atomic E-state index is -0.356. The minimum absolute atomic E-state index is 0.0745. The van der Waals surface area contributed by atoms with E-state index in [9.17, 15) is 9.18 Å². The molecule has 6 rings (SSSR count). The summed E-state index contributed by atoms with van der Waals surface area (Å²) < 4.78 is 13.6. The number of aromatic nitrogens is 2. The van der Waals surface area contributed by atoms with Crippen molar-refractivity contribution >= 4 is 17.4 Å². The third-order valence-corrected chi connectivity index (χ3v) is 7.36. The molecule has 1 saturated heterocycles. The predicted octanol–water partition coefficient (Wildman–Crippen LogP) is 5.52. The number of benzene rings is 3. The molecular weight excluding hydrogens is 477 g/mol. The zero-order valence-corrected chi connectivity index (χ0v) is 21.6. The van der Waals surface area contributed by atoms with Gasteiger partial charge in [0.05, 0.1) is 17.0 Å². The van der Waals surface area contributed by atoms with E-state index in [1.807, 2.05) is 18.2 Å². The second kappa shape index (κ2) is 9.65. The van der Waals surface area contributed by atoms with Crippen LogP contribution in [0, 0.1) is 11.7 Å². The first kappa shape index (κ1) is 24.2. The second-order valence-electron chi connectivity index (χ2n) is 10.4. The molecule has 1 aliphatic carbocycles. The molecule has 192 valence electrons. The average Bonchev–Trinajstić information content (AvgIpc) is 3.20. The van der Waals surface area contributed by atoms with Gasteiger partial charge in [0.2, 0.25) is 5.95 Å². The van der Waals surface area contributed by atoms with Crippen molar-refractivity contribution in [3.05, 3.63) is 83.7 Å². The van der Waals surface area contributed by atoms with Gasteiger partial charge < -0.3 is 10.6 Å². The van der Waals surface area contributed by atoms with Crippen LogP contribution in [0.25, 0.3) is 33.6 Å². The van der Waals surface area contributed by atoms with Crippen molar-refractivity contribution < 1.29 is 9.18 Å². The number of piperazine rings is 1. The molecule has 2 N–H and O–H groups in total. The molecule has 0 radical (unpaired) electrons. The van der Waals surface area contributed by atoms with E-state index in [1.54, 1.807) is 12.1 Å². The van der Waals surface area contributed by atoms with E-state index in [-0.39, 0.29) is 17.5 Å². The Morgan fingerprint density at radius 1 is 0.816 bits per heavy atom. The first-order chi connectivity index (χ1) is 18.4. The molecule has 0 atom stereocenters. The number of nitrogen functional groups attached to an aromatic ring is 1. The Kier molecular flexibility index (Phi) is 6.16. The number of nitrogens with zero attached hydrogens (tertiary/aromatic N) is 4. The lowest BCUT2D eigenvalue weighted by Crippen LogP contribution is -2.47. The summed E-state index contributed by atoms with van der Waals surface area (Å²) in [5.41, 5.74) is 12.6. The summed E-state index contributed by atoms with van der Waals surface area (Å²) in [7, 11) is 0. The quantitative estimate of drug-likeness (QED) is 0.338. The van der Waals surface area contributed by atoms with Crippen LogP contribution in [0.2, 0.25) is 0 Å². The zero-order valence-electron chi connectivity index (χ0n) is 21.6. The second-order valence-corrected chi connectivity index (χ2v) is 10.4. The Bertz CT molecular complexity index is 1510. The van der Waals surface area contributed by atoms with Gasteiger partial charge in [0.25, 0.3) is 0 Å². The first-order valence-corrected chi connectivity index (χ1v) is 13.1. The number of anilines is 2. The van der Waals surface area contributed by atoms with Crippen molar-refractivity contribution in [1.29, 1.82) is 0 Å². The Morgan fingerprint density at radius 3 is 2.13 bits per heavy atom. The van der Waals surface area contributed by atoms with Gasteiger partial charge in [-0.15, -0.1) is 0 Å². The van der Waals surface area contributed by atoms with Crippen LogP contribution in [0.3, 0.4) is 0 Å². The maximum Gasteiger partial charge on any atom is 0.221 e. The van der Waals surface area contributed by atoms with Crippen LogP contribution in [0.4, 0.5) is 16.0 Å². The third-order valence-electron chi connectivity index (χ3n) is 7.36. The normalized spacial score (nSPS) is 15.2. The molecule has 2 heterocycles. The van der Waals surface area contributed by atoms with Gasteiger partial charge in [-0.2, -0.15) is 0 Å². The molecule has 0 spiro atoms.